The summed E-state index contributed by atoms with van der Waals surface area (Å²) in [6, 6.07) is 10.1. The summed E-state index contributed by atoms with van der Waals surface area (Å²) in [5, 5.41) is 4.00. The maximum atomic E-state index is 5.66. The summed E-state index contributed by atoms with van der Waals surface area (Å²) in [4.78, 5) is 6.40. The van der Waals surface area contributed by atoms with E-state index in [0.717, 1.165) is 42.1 Å². The second-order valence-corrected chi connectivity index (χ2v) is 6.10. The van der Waals surface area contributed by atoms with E-state index in [4.69, 9.17) is 21.7 Å². The van der Waals surface area contributed by atoms with Gasteiger partial charge in [-0.15, -0.1) is 0 Å². The molecule has 0 aliphatic heterocycles. The highest BCUT2D eigenvalue weighted by atomic mass is 32.1. The Balaban J connectivity index is 1.76. The molecule has 0 amide bonds. The molecular formula is C18H21N3O2S. The van der Waals surface area contributed by atoms with E-state index < -0.39 is 0 Å². The molecule has 0 radical (unpaired) electrons. The summed E-state index contributed by atoms with van der Waals surface area (Å²) in [6.07, 6.45) is 5.99. The van der Waals surface area contributed by atoms with Crippen LogP contribution < -0.4 is 14.8 Å². The first kappa shape index (κ1) is 16.5. The van der Waals surface area contributed by atoms with E-state index in [2.05, 4.69) is 21.3 Å². The van der Waals surface area contributed by atoms with Crippen LogP contribution in [0.1, 0.15) is 18.4 Å². The van der Waals surface area contributed by atoms with Gasteiger partial charge in [0.15, 0.2) is 5.11 Å². The Hall–Kier alpha value is -2.34. The fourth-order valence-electron chi connectivity index (χ4n) is 2.54. The summed E-state index contributed by atoms with van der Waals surface area (Å²) < 4.78 is 10.7. The van der Waals surface area contributed by atoms with Crippen molar-refractivity contribution in [2.45, 2.75) is 25.4 Å². The first-order chi connectivity index (χ1) is 11.7. The van der Waals surface area contributed by atoms with E-state index >= 15 is 0 Å². The fraction of sp³-hybridized carbons (Fsp3) is 0.333. The minimum absolute atomic E-state index is 0.488. The van der Waals surface area contributed by atoms with Crippen LogP contribution in [0.2, 0.25) is 0 Å². The molecule has 0 spiro atoms. The van der Waals surface area contributed by atoms with Crippen molar-refractivity contribution in [3.63, 3.8) is 0 Å². The van der Waals surface area contributed by atoms with Crippen LogP contribution in [0.5, 0.6) is 11.5 Å². The second-order valence-electron chi connectivity index (χ2n) is 5.72. The zero-order valence-electron chi connectivity index (χ0n) is 13.9. The quantitative estimate of drug-likeness (QED) is 0.811. The zero-order valence-corrected chi connectivity index (χ0v) is 14.7. The Kier molecular flexibility index (Phi) is 5.15. The SMILES string of the molecule is COc1ccc(OC)c(NC(=S)N(Cc2cccnc2)C2CC2)c1. The van der Waals surface area contributed by atoms with Gasteiger partial charge in [-0.25, -0.2) is 0 Å². The molecule has 1 aromatic carbocycles. The van der Waals surface area contributed by atoms with Gasteiger partial charge in [0.2, 0.25) is 0 Å². The molecule has 3 rings (SSSR count). The van der Waals surface area contributed by atoms with Crippen LogP contribution >= 0.6 is 12.2 Å². The van der Waals surface area contributed by atoms with Crippen LogP contribution in [0.3, 0.4) is 0 Å². The third-order valence-electron chi connectivity index (χ3n) is 3.97. The topological polar surface area (TPSA) is 46.6 Å². The summed E-state index contributed by atoms with van der Waals surface area (Å²) >= 11 is 5.66. The molecule has 6 heteroatoms. The van der Waals surface area contributed by atoms with Gasteiger partial charge < -0.3 is 19.7 Å². The van der Waals surface area contributed by atoms with Gasteiger partial charge in [0.25, 0.3) is 0 Å². The van der Waals surface area contributed by atoms with Crippen LogP contribution in [0.4, 0.5) is 5.69 Å². The molecule has 1 aliphatic carbocycles. The second kappa shape index (κ2) is 7.49. The van der Waals surface area contributed by atoms with Gasteiger partial charge >= 0.3 is 0 Å². The van der Waals surface area contributed by atoms with Crippen molar-refractivity contribution in [2.24, 2.45) is 0 Å². The number of methoxy groups -OCH3 is 2. The number of aromatic nitrogens is 1. The Morgan fingerprint density at radius 1 is 1.29 bits per heavy atom. The van der Waals surface area contributed by atoms with E-state index in [1.54, 1.807) is 20.4 Å². The van der Waals surface area contributed by atoms with Crippen molar-refractivity contribution in [1.29, 1.82) is 0 Å². The first-order valence-corrected chi connectivity index (χ1v) is 8.30. The van der Waals surface area contributed by atoms with Gasteiger partial charge in [-0.05, 0) is 48.8 Å². The van der Waals surface area contributed by atoms with Gasteiger partial charge in [0.1, 0.15) is 11.5 Å². The van der Waals surface area contributed by atoms with Gasteiger partial charge in [0, 0.05) is 31.0 Å². The predicted molar refractivity (Wildman–Crippen MR) is 98.6 cm³/mol. The molecule has 1 aliphatic rings. The predicted octanol–water partition coefficient (Wildman–Crippen LogP) is 3.46. The normalized spacial score (nSPS) is 13.2. The molecule has 1 aromatic heterocycles. The van der Waals surface area contributed by atoms with Crippen molar-refractivity contribution in [3.8, 4) is 11.5 Å². The number of hydrogen-bond donors (Lipinski definition) is 1. The average molecular weight is 343 g/mol. The highest BCUT2D eigenvalue weighted by Crippen LogP contribution is 2.32. The number of nitrogens with zero attached hydrogens (tertiary/aromatic N) is 2. The van der Waals surface area contributed by atoms with Crippen molar-refractivity contribution >= 4 is 23.0 Å². The van der Waals surface area contributed by atoms with Crippen LogP contribution in [-0.4, -0.2) is 35.3 Å². The number of thiocarbonyl (C=S) groups is 1. The number of benzene rings is 1. The maximum absolute atomic E-state index is 5.66. The lowest BCUT2D eigenvalue weighted by atomic mass is 10.2. The molecule has 0 atom stereocenters. The van der Waals surface area contributed by atoms with Crippen LogP contribution in [0.25, 0.3) is 0 Å². The molecule has 0 unspecified atom stereocenters. The lowest BCUT2D eigenvalue weighted by molar-refractivity contribution is 0.401. The molecule has 5 nitrogen and oxygen atoms in total. The zero-order chi connectivity index (χ0) is 16.9. The molecule has 1 saturated carbocycles. The Bertz CT molecular complexity index is 705. The lowest BCUT2D eigenvalue weighted by Crippen LogP contribution is -2.36. The van der Waals surface area contributed by atoms with Crippen molar-refractivity contribution < 1.29 is 9.47 Å². The average Bonchev–Trinajstić information content (AvgIpc) is 3.45. The molecule has 24 heavy (non-hydrogen) atoms. The number of anilines is 1. The fourth-order valence-corrected chi connectivity index (χ4v) is 2.86. The molecular weight excluding hydrogens is 322 g/mol. The Morgan fingerprint density at radius 3 is 2.75 bits per heavy atom. The third kappa shape index (κ3) is 3.94. The van der Waals surface area contributed by atoms with Gasteiger partial charge in [-0.3, -0.25) is 4.98 Å². The van der Waals surface area contributed by atoms with Gasteiger partial charge in [-0.2, -0.15) is 0 Å². The minimum atomic E-state index is 0.488. The molecule has 1 heterocycles. The van der Waals surface area contributed by atoms with Crippen molar-refractivity contribution in [2.75, 3.05) is 19.5 Å². The van der Waals surface area contributed by atoms with Crippen LogP contribution in [0.15, 0.2) is 42.7 Å². The summed E-state index contributed by atoms with van der Waals surface area (Å²) in [5.74, 6) is 1.49. The van der Waals surface area contributed by atoms with E-state index in [-0.39, 0.29) is 0 Å². The van der Waals surface area contributed by atoms with Crippen molar-refractivity contribution in [1.82, 2.24) is 9.88 Å². The standard InChI is InChI=1S/C18H21N3O2S/c1-22-15-7-8-17(23-2)16(10-15)20-18(24)21(14-5-6-14)12-13-4-3-9-19-11-13/h3-4,7-11,14H,5-6,12H2,1-2H3,(H,20,24). The maximum Gasteiger partial charge on any atom is 0.174 e. The number of rotatable bonds is 6. The summed E-state index contributed by atoms with van der Waals surface area (Å²) in [7, 11) is 3.28. The minimum Gasteiger partial charge on any atom is -0.497 e. The summed E-state index contributed by atoms with van der Waals surface area (Å²) in [5.41, 5.74) is 1.95. The molecule has 1 fully saturated rings. The first-order valence-electron chi connectivity index (χ1n) is 7.90. The molecule has 126 valence electrons. The Morgan fingerprint density at radius 2 is 2.12 bits per heavy atom. The number of nitrogens with one attached hydrogen (secondary N) is 1. The molecule has 0 bridgehead atoms. The highest BCUT2D eigenvalue weighted by Gasteiger charge is 2.31. The molecule has 2 aromatic rings. The monoisotopic (exact) mass is 343 g/mol. The van der Waals surface area contributed by atoms with E-state index in [0.29, 0.717) is 11.2 Å². The smallest absolute Gasteiger partial charge is 0.174 e. The summed E-state index contributed by atoms with van der Waals surface area (Å²) in [6.45, 7) is 0.747. The van der Waals surface area contributed by atoms with E-state index in [9.17, 15) is 0 Å². The number of ether oxygens (including phenoxy) is 2. The third-order valence-corrected chi connectivity index (χ3v) is 4.31. The van der Waals surface area contributed by atoms with Crippen LogP contribution in [0, 0.1) is 0 Å². The van der Waals surface area contributed by atoms with E-state index in [1.807, 2.05) is 30.5 Å². The number of pyridine rings is 1. The number of hydrogen-bond acceptors (Lipinski definition) is 4. The largest absolute Gasteiger partial charge is 0.497 e. The lowest BCUT2D eigenvalue weighted by Gasteiger charge is -2.26. The van der Waals surface area contributed by atoms with Crippen molar-refractivity contribution in [3.05, 3.63) is 48.3 Å². The van der Waals surface area contributed by atoms with Crippen LogP contribution in [-0.2, 0) is 6.54 Å². The molecule has 1 N–H and O–H groups in total. The Labute approximate surface area is 147 Å². The van der Waals surface area contributed by atoms with Gasteiger partial charge in [-0.1, -0.05) is 6.07 Å². The van der Waals surface area contributed by atoms with E-state index in [1.165, 1.54) is 0 Å². The van der Waals surface area contributed by atoms with Gasteiger partial charge in [0.05, 0.1) is 19.9 Å². The molecule has 0 saturated heterocycles. The highest BCUT2D eigenvalue weighted by molar-refractivity contribution is 7.80.